The summed E-state index contributed by atoms with van der Waals surface area (Å²) in [5.74, 6) is -0.247. The van der Waals surface area contributed by atoms with Crippen LogP contribution in [0.5, 0.6) is 5.75 Å². The van der Waals surface area contributed by atoms with Gasteiger partial charge in [-0.1, -0.05) is 15.9 Å². The van der Waals surface area contributed by atoms with Crippen LogP contribution in [0.15, 0.2) is 22.7 Å². The summed E-state index contributed by atoms with van der Waals surface area (Å²) in [6, 6.07) is 1.49. The van der Waals surface area contributed by atoms with E-state index >= 15 is 0 Å². The predicted molar refractivity (Wildman–Crippen MR) is 48.8 cm³/mol. The molecule has 1 rings (SSSR count). The highest BCUT2D eigenvalue weighted by molar-refractivity contribution is 9.10. The Balaban J connectivity index is 3.12. The van der Waals surface area contributed by atoms with Crippen molar-refractivity contribution in [1.82, 2.24) is 0 Å². The van der Waals surface area contributed by atoms with Crippen molar-refractivity contribution in [3.05, 3.63) is 28.2 Å². The normalized spacial score (nSPS) is 14.1. The standard InChI is InChI=1S/C8H7BrF3NO/c9-6-2-1-4(14)3-5(6)7(13)8(10,11)12/h1-3,7,14H,13H2/t7-/m0/s1. The van der Waals surface area contributed by atoms with Gasteiger partial charge in [0.05, 0.1) is 0 Å². The van der Waals surface area contributed by atoms with Gasteiger partial charge in [-0.25, -0.2) is 0 Å². The van der Waals surface area contributed by atoms with Crippen LogP contribution in [0.1, 0.15) is 11.6 Å². The second kappa shape index (κ2) is 3.78. The van der Waals surface area contributed by atoms with E-state index in [1.54, 1.807) is 0 Å². The Morgan fingerprint density at radius 3 is 2.43 bits per heavy atom. The summed E-state index contributed by atoms with van der Waals surface area (Å²) in [5, 5.41) is 9.01. The minimum absolute atomic E-state index is 0.183. The second-order valence-corrected chi connectivity index (χ2v) is 3.58. The highest BCUT2D eigenvalue weighted by Gasteiger charge is 2.38. The zero-order valence-corrected chi connectivity index (χ0v) is 8.43. The summed E-state index contributed by atoms with van der Waals surface area (Å²) >= 11 is 2.93. The van der Waals surface area contributed by atoms with Crippen molar-refractivity contribution in [2.24, 2.45) is 5.73 Å². The van der Waals surface area contributed by atoms with Crippen molar-refractivity contribution < 1.29 is 18.3 Å². The second-order valence-electron chi connectivity index (χ2n) is 2.73. The molecule has 2 nitrogen and oxygen atoms in total. The number of phenolic OH excluding ortho intramolecular Hbond substituents is 1. The summed E-state index contributed by atoms with van der Waals surface area (Å²) < 4.78 is 36.9. The van der Waals surface area contributed by atoms with E-state index in [0.717, 1.165) is 6.07 Å². The number of hydrogen-bond acceptors (Lipinski definition) is 2. The molecule has 0 aliphatic heterocycles. The van der Waals surface area contributed by atoms with Crippen molar-refractivity contribution in [2.45, 2.75) is 12.2 Å². The molecule has 0 unspecified atom stereocenters. The molecule has 78 valence electrons. The molecule has 0 saturated carbocycles. The summed E-state index contributed by atoms with van der Waals surface area (Å²) in [6.07, 6.45) is -4.52. The van der Waals surface area contributed by atoms with Gasteiger partial charge in [-0.05, 0) is 23.8 Å². The fourth-order valence-corrected chi connectivity index (χ4v) is 1.44. The monoisotopic (exact) mass is 269 g/mol. The highest BCUT2D eigenvalue weighted by Crippen LogP contribution is 2.35. The van der Waals surface area contributed by atoms with Crippen LogP contribution in [0, 0.1) is 0 Å². The highest BCUT2D eigenvalue weighted by atomic mass is 79.9. The van der Waals surface area contributed by atoms with E-state index in [4.69, 9.17) is 10.8 Å². The van der Waals surface area contributed by atoms with Crippen LogP contribution in [-0.4, -0.2) is 11.3 Å². The fraction of sp³-hybridized carbons (Fsp3) is 0.250. The molecule has 0 spiro atoms. The Morgan fingerprint density at radius 1 is 1.36 bits per heavy atom. The molecule has 0 bridgehead atoms. The molecule has 3 N–H and O–H groups in total. The number of aromatic hydroxyl groups is 1. The number of phenols is 1. The molecular formula is C8H7BrF3NO. The van der Waals surface area contributed by atoms with Crippen LogP contribution >= 0.6 is 15.9 Å². The third-order valence-corrected chi connectivity index (χ3v) is 2.39. The molecule has 0 aliphatic carbocycles. The predicted octanol–water partition coefficient (Wildman–Crippen LogP) is 2.72. The first-order valence-corrected chi connectivity index (χ1v) is 4.42. The number of nitrogens with two attached hydrogens (primary N) is 1. The molecule has 0 aromatic heterocycles. The Labute approximate surface area is 86.7 Å². The topological polar surface area (TPSA) is 46.2 Å². The molecule has 0 fully saturated rings. The maximum Gasteiger partial charge on any atom is 0.407 e. The quantitative estimate of drug-likeness (QED) is 0.824. The van der Waals surface area contributed by atoms with E-state index in [9.17, 15) is 13.2 Å². The first-order chi connectivity index (χ1) is 6.32. The Morgan fingerprint density at radius 2 is 1.93 bits per heavy atom. The zero-order valence-electron chi connectivity index (χ0n) is 6.85. The van der Waals surface area contributed by atoms with E-state index < -0.39 is 12.2 Å². The van der Waals surface area contributed by atoms with Crippen molar-refractivity contribution in [3.8, 4) is 5.75 Å². The molecule has 1 aromatic rings. The van der Waals surface area contributed by atoms with Crippen LogP contribution in [0.4, 0.5) is 13.2 Å². The van der Waals surface area contributed by atoms with Gasteiger partial charge in [0.2, 0.25) is 0 Å². The largest absolute Gasteiger partial charge is 0.508 e. The van der Waals surface area contributed by atoms with E-state index in [2.05, 4.69) is 15.9 Å². The average Bonchev–Trinajstić information content (AvgIpc) is 2.06. The van der Waals surface area contributed by atoms with Crippen molar-refractivity contribution in [1.29, 1.82) is 0 Å². The van der Waals surface area contributed by atoms with Gasteiger partial charge in [-0.15, -0.1) is 0 Å². The van der Waals surface area contributed by atoms with Gasteiger partial charge < -0.3 is 10.8 Å². The number of alkyl halides is 3. The Hall–Kier alpha value is -0.750. The van der Waals surface area contributed by atoms with Crippen LogP contribution in [0.2, 0.25) is 0 Å². The van der Waals surface area contributed by atoms with Gasteiger partial charge in [0.25, 0.3) is 0 Å². The number of benzene rings is 1. The van der Waals surface area contributed by atoms with Crippen molar-refractivity contribution >= 4 is 15.9 Å². The maximum atomic E-state index is 12.2. The fourth-order valence-electron chi connectivity index (χ4n) is 0.946. The van der Waals surface area contributed by atoms with Crippen LogP contribution in [0.25, 0.3) is 0 Å². The molecule has 14 heavy (non-hydrogen) atoms. The van der Waals surface area contributed by atoms with E-state index in [1.807, 2.05) is 0 Å². The van der Waals surface area contributed by atoms with Crippen molar-refractivity contribution in [3.63, 3.8) is 0 Å². The van der Waals surface area contributed by atoms with E-state index in [-0.39, 0.29) is 15.8 Å². The smallest absolute Gasteiger partial charge is 0.407 e. The third kappa shape index (κ3) is 2.39. The molecule has 0 radical (unpaired) electrons. The van der Waals surface area contributed by atoms with Gasteiger partial charge in [0.15, 0.2) is 0 Å². The lowest BCUT2D eigenvalue weighted by atomic mass is 10.1. The molecule has 1 aromatic carbocycles. The van der Waals surface area contributed by atoms with Crippen LogP contribution in [0.3, 0.4) is 0 Å². The average molecular weight is 270 g/mol. The number of halogens is 4. The molecule has 0 heterocycles. The van der Waals surface area contributed by atoms with E-state index in [1.165, 1.54) is 12.1 Å². The van der Waals surface area contributed by atoms with Gasteiger partial charge in [-0.2, -0.15) is 13.2 Å². The molecule has 0 aliphatic rings. The maximum absolute atomic E-state index is 12.2. The van der Waals surface area contributed by atoms with E-state index in [0.29, 0.717) is 0 Å². The number of rotatable bonds is 1. The molecule has 0 amide bonds. The van der Waals surface area contributed by atoms with Crippen LogP contribution in [-0.2, 0) is 0 Å². The van der Waals surface area contributed by atoms with Gasteiger partial charge in [0.1, 0.15) is 11.8 Å². The lowest BCUT2D eigenvalue weighted by molar-refractivity contribution is -0.149. The molecule has 0 saturated heterocycles. The summed E-state index contributed by atoms with van der Waals surface area (Å²) in [6.45, 7) is 0. The molecule has 1 atom stereocenters. The first-order valence-electron chi connectivity index (χ1n) is 3.63. The van der Waals surface area contributed by atoms with Gasteiger partial charge in [0, 0.05) is 4.47 Å². The third-order valence-electron chi connectivity index (χ3n) is 1.67. The van der Waals surface area contributed by atoms with Gasteiger partial charge >= 0.3 is 6.18 Å². The Kier molecular flexibility index (Phi) is 3.06. The summed E-state index contributed by atoms with van der Waals surface area (Å²) in [5.41, 5.74) is 4.79. The Bertz CT molecular complexity index is 340. The summed E-state index contributed by atoms with van der Waals surface area (Å²) in [7, 11) is 0. The molecule has 6 heteroatoms. The minimum atomic E-state index is -4.52. The zero-order chi connectivity index (χ0) is 10.9. The lowest BCUT2D eigenvalue weighted by Gasteiger charge is -2.17. The number of hydrogen-bond donors (Lipinski definition) is 2. The van der Waals surface area contributed by atoms with Crippen LogP contribution < -0.4 is 5.73 Å². The first kappa shape index (κ1) is 11.3. The molecular weight excluding hydrogens is 263 g/mol. The minimum Gasteiger partial charge on any atom is -0.508 e. The lowest BCUT2D eigenvalue weighted by Crippen LogP contribution is -2.28. The van der Waals surface area contributed by atoms with Gasteiger partial charge in [-0.3, -0.25) is 0 Å². The summed E-state index contributed by atoms with van der Waals surface area (Å²) in [4.78, 5) is 0. The van der Waals surface area contributed by atoms with Crippen molar-refractivity contribution in [2.75, 3.05) is 0 Å². The SMILES string of the molecule is N[C@@H](c1cc(O)ccc1Br)C(F)(F)F.